The lowest BCUT2D eigenvalue weighted by Gasteiger charge is -2.17. The molecule has 1 aliphatic heterocycles. The summed E-state index contributed by atoms with van der Waals surface area (Å²) in [7, 11) is 1.85. The number of nitrogens with one attached hydrogen (secondary N) is 2. The first-order valence-corrected chi connectivity index (χ1v) is 11.1. The molecule has 2 unspecified atom stereocenters. The van der Waals surface area contributed by atoms with E-state index in [1.807, 2.05) is 18.8 Å². The number of thiazole rings is 1. The second-order valence-corrected chi connectivity index (χ2v) is 8.55. The van der Waals surface area contributed by atoms with Crippen molar-refractivity contribution in [3.8, 4) is 0 Å². The molecule has 3 rings (SSSR count). The number of anilines is 1. The molecular weight excluding hydrogens is 338 g/mol. The molecule has 0 radical (unpaired) electrons. The molecule has 2 heterocycles. The Labute approximate surface area is 153 Å². The standard InChI is InChI=1S/C17H29N5S2/c1-18-16(20-13-5-6-15(11-13)23-2)19-8-7-14-12-24-17(21-14)22-9-3-4-10-22/h12-13,15H,3-11H2,1-2H3,(H2,18,19,20). The van der Waals surface area contributed by atoms with Crippen molar-refractivity contribution in [2.45, 2.75) is 49.8 Å². The molecular formula is C17H29N5S2. The van der Waals surface area contributed by atoms with Crippen LogP contribution in [0.15, 0.2) is 10.4 Å². The van der Waals surface area contributed by atoms with Crippen molar-refractivity contribution >= 4 is 34.2 Å². The van der Waals surface area contributed by atoms with Crippen molar-refractivity contribution in [2.75, 3.05) is 37.8 Å². The molecule has 0 bridgehead atoms. The maximum absolute atomic E-state index is 4.78. The number of aliphatic imine (C=N–C) groups is 1. The molecule has 134 valence electrons. The molecule has 2 atom stereocenters. The van der Waals surface area contributed by atoms with E-state index in [0.717, 1.165) is 24.2 Å². The third-order valence-electron chi connectivity index (χ3n) is 4.87. The van der Waals surface area contributed by atoms with E-state index in [0.29, 0.717) is 6.04 Å². The van der Waals surface area contributed by atoms with Crippen LogP contribution >= 0.6 is 23.1 Å². The van der Waals surface area contributed by atoms with Crippen LogP contribution in [-0.4, -0.2) is 55.2 Å². The molecule has 0 spiro atoms. The number of thioether (sulfide) groups is 1. The van der Waals surface area contributed by atoms with Crippen LogP contribution in [0.1, 0.15) is 37.8 Å². The van der Waals surface area contributed by atoms with Gasteiger partial charge in [0.15, 0.2) is 11.1 Å². The Morgan fingerprint density at radius 3 is 2.96 bits per heavy atom. The Morgan fingerprint density at radius 1 is 1.42 bits per heavy atom. The van der Waals surface area contributed by atoms with Crippen LogP contribution in [-0.2, 0) is 6.42 Å². The second-order valence-electron chi connectivity index (χ2n) is 6.58. The SMILES string of the molecule is CN=C(NCCc1csc(N2CCCC2)n1)NC1CCC(SC)C1. The van der Waals surface area contributed by atoms with E-state index in [-0.39, 0.29) is 0 Å². The summed E-state index contributed by atoms with van der Waals surface area (Å²) < 4.78 is 0. The Kier molecular flexibility index (Phi) is 6.66. The lowest BCUT2D eigenvalue weighted by atomic mass is 10.2. The van der Waals surface area contributed by atoms with E-state index in [1.54, 1.807) is 11.3 Å². The van der Waals surface area contributed by atoms with Gasteiger partial charge in [-0.2, -0.15) is 11.8 Å². The smallest absolute Gasteiger partial charge is 0.191 e. The highest BCUT2D eigenvalue weighted by atomic mass is 32.2. The second kappa shape index (κ2) is 8.94. The first-order valence-electron chi connectivity index (χ1n) is 8.98. The Morgan fingerprint density at radius 2 is 2.25 bits per heavy atom. The Hall–Kier alpha value is -0.950. The maximum Gasteiger partial charge on any atom is 0.191 e. The molecule has 24 heavy (non-hydrogen) atoms. The van der Waals surface area contributed by atoms with Crippen LogP contribution in [0.5, 0.6) is 0 Å². The predicted molar refractivity (Wildman–Crippen MR) is 107 cm³/mol. The number of aromatic nitrogens is 1. The summed E-state index contributed by atoms with van der Waals surface area (Å²) in [5.41, 5.74) is 1.19. The van der Waals surface area contributed by atoms with Gasteiger partial charge in [0.2, 0.25) is 0 Å². The summed E-state index contributed by atoms with van der Waals surface area (Å²) >= 11 is 3.77. The van der Waals surface area contributed by atoms with E-state index in [1.165, 1.54) is 56.0 Å². The zero-order valence-corrected chi connectivity index (χ0v) is 16.4. The van der Waals surface area contributed by atoms with Gasteiger partial charge in [0, 0.05) is 49.8 Å². The fourth-order valence-corrected chi connectivity index (χ4v) is 5.16. The first kappa shape index (κ1) is 17.9. The molecule has 1 aliphatic carbocycles. The number of nitrogens with zero attached hydrogens (tertiary/aromatic N) is 3. The van der Waals surface area contributed by atoms with Crippen molar-refractivity contribution in [1.82, 2.24) is 15.6 Å². The van der Waals surface area contributed by atoms with Crippen LogP contribution in [0.4, 0.5) is 5.13 Å². The van der Waals surface area contributed by atoms with Gasteiger partial charge in [-0.05, 0) is 38.4 Å². The van der Waals surface area contributed by atoms with E-state index in [4.69, 9.17) is 4.98 Å². The first-order chi connectivity index (χ1) is 11.8. The molecule has 5 nitrogen and oxygen atoms in total. The molecule has 1 aromatic heterocycles. The van der Waals surface area contributed by atoms with Crippen LogP contribution in [0.25, 0.3) is 0 Å². The number of guanidine groups is 1. The van der Waals surface area contributed by atoms with Crippen molar-refractivity contribution in [1.29, 1.82) is 0 Å². The minimum absolute atomic E-state index is 0.565. The van der Waals surface area contributed by atoms with Gasteiger partial charge in [-0.3, -0.25) is 4.99 Å². The molecule has 1 saturated carbocycles. The lowest BCUT2D eigenvalue weighted by molar-refractivity contribution is 0.614. The fourth-order valence-electron chi connectivity index (χ4n) is 3.45. The zero-order valence-electron chi connectivity index (χ0n) is 14.8. The highest BCUT2D eigenvalue weighted by molar-refractivity contribution is 7.99. The Balaban J connectivity index is 1.40. The van der Waals surface area contributed by atoms with Gasteiger partial charge >= 0.3 is 0 Å². The maximum atomic E-state index is 4.78. The van der Waals surface area contributed by atoms with Crippen molar-refractivity contribution in [2.24, 2.45) is 4.99 Å². The van der Waals surface area contributed by atoms with Crippen LogP contribution in [0, 0.1) is 0 Å². The summed E-state index contributed by atoms with van der Waals surface area (Å²) in [4.78, 5) is 11.6. The number of hydrogen-bond acceptors (Lipinski definition) is 5. The van der Waals surface area contributed by atoms with E-state index >= 15 is 0 Å². The van der Waals surface area contributed by atoms with Crippen LogP contribution < -0.4 is 15.5 Å². The van der Waals surface area contributed by atoms with Gasteiger partial charge in [0.25, 0.3) is 0 Å². The van der Waals surface area contributed by atoms with Crippen molar-refractivity contribution in [3.05, 3.63) is 11.1 Å². The molecule has 2 N–H and O–H groups in total. The molecule has 0 amide bonds. The van der Waals surface area contributed by atoms with Gasteiger partial charge in [-0.1, -0.05) is 0 Å². The summed E-state index contributed by atoms with van der Waals surface area (Å²) in [6.07, 6.45) is 9.57. The summed E-state index contributed by atoms with van der Waals surface area (Å²) in [6.45, 7) is 3.21. The Bertz CT molecular complexity index is 539. The predicted octanol–water partition coefficient (Wildman–Crippen LogP) is 2.73. The molecule has 7 heteroatoms. The summed E-state index contributed by atoms with van der Waals surface area (Å²) in [6, 6.07) is 0.565. The average molecular weight is 368 g/mol. The number of hydrogen-bond donors (Lipinski definition) is 2. The summed E-state index contributed by atoms with van der Waals surface area (Å²) in [5.74, 6) is 0.928. The monoisotopic (exact) mass is 367 g/mol. The molecule has 0 aromatic carbocycles. The van der Waals surface area contributed by atoms with Gasteiger partial charge in [0.1, 0.15) is 0 Å². The number of rotatable bonds is 6. The zero-order chi connectivity index (χ0) is 16.8. The van der Waals surface area contributed by atoms with E-state index in [9.17, 15) is 0 Å². The molecule has 1 saturated heterocycles. The highest BCUT2D eigenvalue weighted by Gasteiger charge is 2.24. The van der Waals surface area contributed by atoms with Crippen molar-refractivity contribution in [3.63, 3.8) is 0 Å². The topological polar surface area (TPSA) is 52.6 Å². The minimum Gasteiger partial charge on any atom is -0.356 e. The van der Waals surface area contributed by atoms with Gasteiger partial charge in [-0.15, -0.1) is 11.3 Å². The molecule has 1 aromatic rings. The van der Waals surface area contributed by atoms with E-state index < -0.39 is 0 Å². The highest BCUT2D eigenvalue weighted by Crippen LogP contribution is 2.28. The summed E-state index contributed by atoms with van der Waals surface area (Å²) in [5, 5.41) is 11.2. The van der Waals surface area contributed by atoms with Gasteiger partial charge < -0.3 is 15.5 Å². The lowest BCUT2D eigenvalue weighted by Crippen LogP contribution is -2.43. The van der Waals surface area contributed by atoms with E-state index in [2.05, 4.69) is 32.2 Å². The third-order valence-corrected chi connectivity index (χ3v) is 6.92. The molecule has 2 aliphatic rings. The quantitative estimate of drug-likeness (QED) is 0.598. The average Bonchev–Trinajstić information content (AvgIpc) is 3.34. The third kappa shape index (κ3) is 4.79. The minimum atomic E-state index is 0.565. The fraction of sp³-hybridized carbons (Fsp3) is 0.765. The largest absolute Gasteiger partial charge is 0.356 e. The van der Waals surface area contributed by atoms with Crippen LogP contribution in [0.2, 0.25) is 0 Å². The normalized spacial score (nSPS) is 24.6. The molecule has 2 fully saturated rings. The van der Waals surface area contributed by atoms with Gasteiger partial charge in [0.05, 0.1) is 5.69 Å². The van der Waals surface area contributed by atoms with Gasteiger partial charge in [-0.25, -0.2) is 4.98 Å². The van der Waals surface area contributed by atoms with Crippen molar-refractivity contribution < 1.29 is 0 Å². The van der Waals surface area contributed by atoms with Crippen LogP contribution in [0.3, 0.4) is 0 Å².